The maximum absolute atomic E-state index is 12.7. The number of fused-ring (bicyclic) bond motifs is 1. The summed E-state index contributed by atoms with van der Waals surface area (Å²) < 4.78 is 0. The first kappa shape index (κ1) is 19.7. The zero-order valence-electron chi connectivity index (χ0n) is 15.4. The Morgan fingerprint density at radius 2 is 2.03 bits per heavy atom. The van der Waals surface area contributed by atoms with E-state index in [1.165, 1.54) is 23.1 Å². The highest BCUT2D eigenvalue weighted by atomic mass is 35.5. The molecule has 4 rings (SSSR count). The van der Waals surface area contributed by atoms with E-state index in [0.29, 0.717) is 26.1 Å². The van der Waals surface area contributed by atoms with Crippen molar-refractivity contribution < 1.29 is 4.79 Å². The van der Waals surface area contributed by atoms with Crippen molar-refractivity contribution in [3.8, 4) is 11.1 Å². The van der Waals surface area contributed by atoms with Crippen LogP contribution in [-0.2, 0) is 4.79 Å². The molecule has 0 fully saturated rings. The van der Waals surface area contributed by atoms with Crippen LogP contribution in [0.15, 0.2) is 63.9 Å². The third-order valence-corrected chi connectivity index (χ3v) is 6.21. The molecule has 0 spiro atoms. The number of nitrogens with zero attached hydrogens (tertiary/aromatic N) is 1. The smallest absolute Gasteiger partial charge is 0.260 e. The number of H-pyrrole nitrogens is 1. The predicted octanol–water partition coefficient (Wildman–Crippen LogP) is 5.34. The Balaban J connectivity index is 1.51. The maximum Gasteiger partial charge on any atom is 0.260 e. The largest absolute Gasteiger partial charge is 0.325 e. The average molecular weight is 442 g/mol. The van der Waals surface area contributed by atoms with Gasteiger partial charge < -0.3 is 10.3 Å². The van der Waals surface area contributed by atoms with Crippen molar-refractivity contribution in [2.45, 2.75) is 12.1 Å². The third-order valence-electron chi connectivity index (χ3n) is 4.23. The molecule has 2 aromatic carbocycles. The number of carbonyl (C=O) groups excluding carboxylic acids is 1. The highest BCUT2D eigenvalue weighted by Crippen LogP contribution is 2.31. The fourth-order valence-electron chi connectivity index (χ4n) is 2.84. The maximum atomic E-state index is 12.7. The van der Waals surface area contributed by atoms with E-state index >= 15 is 0 Å². The van der Waals surface area contributed by atoms with Crippen molar-refractivity contribution in [2.24, 2.45) is 0 Å². The molecule has 0 aliphatic rings. The normalized spacial score (nSPS) is 11.0. The van der Waals surface area contributed by atoms with E-state index < -0.39 is 0 Å². The van der Waals surface area contributed by atoms with E-state index in [1.807, 2.05) is 36.6 Å². The summed E-state index contributed by atoms with van der Waals surface area (Å²) in [4.78, 5) is 32.8. The van der Waals surface area contributed by atoms with Crippen molar-refractivity contribution in [1.29, 1.82) is 0 Å². The molecule has 0 bridgehead atoms. The Kier molecular flexibility index (Phi) is 5.71. The molecule has 0 atom stereocenters. The van der Waals surface area contributed by atoms with Crippen LogP contribution in [0.2, 0.25) is 5.02 Å². The molecule has 0 aliphatic carbocycles. The van der Waals surface area contributed by atoms with Gasteiger partial charge in [-0.25, -0.2) is 4.98 Å². The summed E-state index contributed by atoms with van der Waals surface area (Å²) >= 11 is 8.53. The fourth-order valence-corrected chi connectivity index (χ4v) is 4.70. The third kappa shape index (κ3) is 4.53. The zero-order chi connectivity index (χ0) is 20.4. The van der Waals surface area contributed by atoms with Gasteiger partial charge in [0.15, 0.2) is 5.16 Å². The first-order chi connectivity index (χ1) is 14.0. The molecule has 5 nitrogen and oxygen atoms in total. The van der Waals surface area contributed by atoms with E-state index in [1.54, 1.807) is 24.3 Å². The molecule has 2 N–H and O–H groups in total. The number of aryl methyl sites for hydroxylation is 1. The Labute approximate surface area is 180 Å². The van der Waals surface area contributed by atoms with E-state index in [9.17, 15) is 9.59 Å². The van der Waals surface area contributed by atoms with Gasteiger partial charge >= 0.3 is 0 Å². The lowest BCUT2D eigenvalue weighted by Gasteiger charge is -2.05. The number of hydrogen-bond donors (Lipinski definition) is 2. The van der Waals surface area contributed by atoms with Crippen LogP contribution in [0.5, 0.6) is 0 Å². The molecule has 146 valence electrons. The summed E-state index contributed by atoms with van der Waals surface area (Å²) in [6.07, 6.45) is 0. The average Bonchev–Trinajstić information content (AvgIpc) is 3.12. The number of nitrogens with one attached hydrogen (secondary N) is 2. The summed E-state index contributed by atoms with van der Waals surface area (Å²) in [6.45, 7) is 2.02. The van der Waals surface area contributed by atoms with Gasteiger partial charge in [-0.15, -0.1) is 11.3 Å². The minimum Gasteiger partial charge on any atom is -0.325 e. The lowest BCUT2D eigenvalue weighted by molar-refractivity contribution is -0.113. The van der Waals surface area contributed by atoms with Gasteiger partial charge in [0.25, 0.3) is 5.56 Å². The molecule has 0 saturated heterocycles. The number of amides is 1. The lowest BCUT2D eigenvalue weighted by Crippen LogP contribution is -2.15. The van der Waals surface area contributed by atoms with Crippen LogP contribution >= 0.6 is 34.7 Å². The molecule has 4 aromatic rings. The summed E-state index contributed by atoms with van der Waals surface area (Å²) in [5.74, 6) is -0.0801. The van der Waals surface area contributed by atoms with Crippen LogP contribution in [0, 0.1) is 6.92 Å². The second-order valence-electron chi connectivity index (χ2n) is 6.41. The highest BCUT2D eigenvalue weighted by Gasteiger charge is 2.14. The van der Waals surface area contributed by atoms with Gasteiger partial charge in [-0.2, -0.15) is 0 Å². The van der Waals surface area contributed by atoms with Crippen LogP contribution in [0.4, 0.5) is 5.69 Å². The number of thiophene rings is 1. The van der Waals surface area contributed by atoms with E-state index in [4.69, 9.17) is 11.6 Å². The van der Waals surface area contributed by atoms with Gasteiger partial charge in [0.1, 0.15) is 4.83 Å². The Morgan fingerprint density at radius 3 is 2.79 bits per heavy atom. The molecule has 8 heteroatoms. The topological polar surface area (TPSA) is 74.8 Å². The second kappa shape index (κ2) is 8.41. The van der Waals surface area contributed by atoms with Crippen molar-refractivity contribution in [2.75, 3.05) is 11.1 Å². The van der Waals surface area contributed by atoms with Crippen molar-refractivity contribution in [1.82, 2.24) is 9.97 Å². The standard InChI is InChI=1S/C21H16ClN3O2S2/c1-12-5-7-13(8-6-12)16-10-28-20-18(16)19(27)24-21(25-20)29-11-17(26)23-15-4-2-3-14(22)9-15/h2-10H,11H2,1H3,(H,23,26)(H,24,25,27). The summed E-state index contributed by atoms with van der Waals surface area (Å²) in [7, 11) is 0. The number of rotatable bonds is 5. The molecule has 0 unspecified atom stereocenters. The molecule has 1 amide bonds. The minimum absolute atomic E-state index is 0.122. The van der Waals surface area contributed by atoms with Gasteiger partial charge in [0.2, 0.25) is 5.91 Å². The Hall–Kier alpha value is -2.61. The van der Waals surface area contributed by atoms with Crippen LogP contribution < -0.4 is 10.9 Å². The molecule has 0 aliphatic heterocycles. The van der Waals surface area contributed by atoms with Gasteiger partial charge in [0.05, 0.1) is 11.1 Å². The fraction of sp³-hybridized carbons (Fsp3) is 0.0952. The number of hydrogen-bond acceptors (Lipinski definition) is 5. The van der Waals surface area contributed by atoms with Crippen LogP contribution in [0.1, 0.15) is 5.56 Å². The van der Waals surface area contributed by atoms with Gasteiger partial charge in [-0.3, -0.25) is 9.59 Å². The SMILES string of the molecule is Cc1ccc(-c2csc3nc(SCC(=O)Nc4cccc(Cl)c4)[nH]c(=O)c23)cc1. The van der Waals surface area contributed by atoms with Gasteiger partial charge in [-0.1, -0.05) is 59.3 Å². The number of carbonyl (C=O) groups is 1. The van der Waals surface area contributed by atoms with E-state index in [-0.39, 0.29) is 17.2 Å². The Morgan fingerprint density at radius 1 is 1.24 bits per heavy atom. The quantitative estimate of drug-likeness (QED) is 0.323. The number of anilines is 1. The number of aromatic nitrogens is 2. The van der Waals surface area contributed by atoms with Gasteiger partial charge in [-0.05, 0) is 30.7 Å². The monoisotopic (exact) mass is 441 g/mol. The first-order valence-corrected chi connectivity index (χ1v) is 11.0. The van der Waals surface area contributed by atoms with Crippen molar-refractivity contribution >= 4 is 56.5 Å². The molecular weight excluding hydrogens is 426 g/mol. The minimum atomic E-state index is -0.204. The number of aromatic amines is 1. The first-order valence-electron chi connectivity index (χ1n) is 8.76. The Bertz CT molecular complexity index is 1250. The van der Waals surface area contributed by atoms with Gasteiger partial charge in [0, 0.05) is 21.7 Å². The second-order valence-corrected chi connectivity index (χ2v) is 8.67. The molecule has 0 saturated carbocycles. The predicted molar refractivity (Wildman–Crippen MR) is 121 cm³/mol. The van der Waals surface area contributed by atoms with Crippen LogP contribution in [-0.4, -0.2) is 21.6 Å². The molecule has 2 aromatic heterocycles. The summed E-state index contributed by atoms with van der Waals surface area (Å²) in [5.41, 5.74) is 3.44. The van der Waals surface area contributed by atoms with Crippen molar-refractivity contribution in [3.63, 3.8) is 0 Å². The summed E-state index contributed by atoms with van der Waals surface area (Å²) in [5, 5.41) is 6.26. The molecule has 2 heterocycles. The van der Waals surface area contributed by atoms with Crippen LogP contribution in [0.25, 0.3) is 21.3 Å². The van der Waals surface area contributed by atoms with E-state index in [0.717, 1.165) is 16.7 Å². The number of halogens is 1. The number of thioether (sulfide) groups is 1. The summed E-state index contributed by atoms with van der Waals surface area (Å²) in [6, 6.07) is 15.0. The molecule has 29 heavy (non-hydrogen) atoms. The highest BCUT2D eigenvalue weighted by molar-refractivity contribution is 7.99. The molecular formula is C21H16ClN3O2S2. The van der Waals surface area contributed by atoms with Crippen molar-refractivity contribution in [3.05, 3.63) is 74.9 Å². The molecule has 0 radical (unpaired) electrons. The van der Waals surface area contributed by atoms with Crippen LogP contribution in [0.3, 0.4) is 0 Å². The zero-order valence-corrected chi connectivity index (χ0v) is 17.8. The number of benzene rings is 2. The van der Waals surface area contributed by atoms with E-state index in [2.05, 4.69) is 15.3 Å². The lowest BCUT2D eigenvalue weighted by atomic mass is 10.1.